The number of esters is 1. The second kappa shape index (κ2) is 9.53. The van der Waals surface area contributed by atoms with E-state index in [4.69, 9.17) is 9.47 Å². The van der Waals surface area contributed by atoms with Gasteiger partial charge in [-0.3, -0.25) is 9.59 Å². The quantitative estimate of drug-likeness (QED) is 0.546. The highest BCUT2D eigenvalue weighted by molar-refractivity contribution is 5.99. The summed E-state index contributed by atoms with van der Waals surface area (Å²) in [6, 6.07) is -0.753. The Morgan fingerprint density at radius 1 is 1.00 bits per heavy atom. The lowest BCUT2D eigenvalue weighted by Crippen LogP contribution is -2.44. The van der Waals surface area contributed by atoms with E-state index in [-0.39, 0.29) is 30.6 Å². The molecule has 6 nitrogen and oxygen atoms in total. The van der Waals surface area contributed by atoms with E-state index in [1.165, 1.54) is 0 Å². The molecule has 0 aliphatic rings. The van der Waals surface area contributed by atoms with E-state index in [1.807, 2.05) is 27.7 Å². The van der Waals surface area contributed by atoms with Crippen molar-refractivity contribution < 1.29 is 23.9 Å². The molecule has 0 radical (unpaired) electrons. The average Bonchev–Trinajstić information content (AvgIpc) is 2.32. The summed E-state index contributed by atoms with van der Waals surface area (Å²) in [7, 11) is 0. The van der Waals surface area contributed by atoms with Gasteiger partial charge in [-0.15, -0.1) is 0 Å². The van der Waals surface area contributed by atoms with Gasteiger partial charge in [-0.25, -0.2) is 4.79 Å². The van der Waals surface area contributed by atoms with Crippen molar-refractivity contribution in [3.05, 3.63) is 0 Å². The number of nitrogens with one attached hydrogen (secondary N) is 1. The van der Waals surface area contributed by atoms with Crippen molar-refractivity contribution in [1.82, 2.24) is 5.32 Å². The molecule has 134 valence electrons. The van der Waals surface area contributed by atoms with E-state index >= 15 is 0 Å². The number of alkyl carbamates (subject to hydrolysis) is 1. The first kappa shape index (κ1) is 21.4. The van der Waals surface area contributed by atoms with E-state index in [0.29, 0.717) is 6.42 Å². The van der Waals surface area contributed by atoms with Gasteiger partial charge in [0.05, 0.1) is 12.6 Å². The van der Waals surface area contributed by atoms with Crippen LogP contribution < -0.4 is 5.32 Å². The molecule has 1 atom stereocenters. The summed E-state index contributed by atoms with van der Waals surface area (Å²) in [6.45, 7) is 13.2. The lowest BCUT2D eigenvalue weighted by Gasteiger charge is -2.24. The molecule has 23 heavy (non-hydrogen) atoms. The van der Waals surface area contributed by atoms with Crippen LogP contribution in [0.1, 0.15) is 61.3 Å². The fourth-order valence-electron chi connectivity index (χ4n) is 1.77. The highest BCUT2D eigenvalue weighted by Gasteiger charge is 2.26. The standard InChI is InChI=1S/C17H31NO5/c1-11(2)8-13(18-16(21)23-17(5,6)7)14(19)9-15(20)22-10-12(3)4/h11-13H,8-10H2,1-7H3,(H,18,21)/t13-/m0/s1. The summed E-state index contributed by atoms with van der Waals surface area (Å²) in [5, 5.41) is 2.56. The Bertz CT molecular complexity index is 410. The second-order valence-corrected chi connectivity index (χ2v) is 7.55. The van der Waals surface area contributed by atoms with Gasteiger partial charge in [0.25, 0.3) is 0 Å². The summed E-state index contributed by atoms with van der Waals surface area (Å²) in [4.78, 5) is 35.8. The second-order valence-electron chi connectivity index (χ2n) is 7.55. The molecule has 0 rings (SSSR count). The van der Waals surface area contributed by atoms with Crippen molar-refractivity contribution in [2.75, 3.05) is 6.61 Å². The van der Waals surface area contributed by atoms with Crippen molar-refractivity contribution in [1.29, 1.82) is 0 Å². The van der Waals surface area contributed by atoms with Crippen molar-refractivity contribution in [2.24, 2.45) is 11.8 Å². The predicted molar refractivity (Wildman–Crippen MR) is 88.0 cm³/mol. The fraction of sp³-hybridized carbons (Fsp3) is 0.824. The number of carbonyl (C=O) groups excluding carboxylic acids is 3. The molecule has 0 saturated carbocycles. The van der Waals surface area contributed by atoms with Gasteiger partial charge in [-0.05, 0) is 39.0 Å². The fourth-order valence-corrected chi connectivity index (χ4v) is 1.77. The van der Waals surface area contributed by atoms with Gasteiger partial charge in [-0.1, -0.05) is 27.7 Å². The molecule has 0 unspecified atom stereocenters. The van der Waals surface area contributed by atoms with Crippen LogP contribution in [0.3, 0.4) is 0 Å². The van der Waals surface area contributed by atoms with Crippen molar-refractivity contribution in [3.8, 4) is 0 Å². The number of rotatable bonds is 8. The van der Waals surface area contributed by atoms with Gasteiger partial charge in [0.15, 0.2) is 5.78 Å². The number of hydrogen-bond donors (Lipinski definition) is 1. The van der Waals surface area contributed by atoms with Crippen LogP contribution in [-0.4, -0.2) is 36.1 Å². The molecule has 6 heteroatoms. The number of ketones is 1. The number of ether oxygens (including phenoxy) is 2. The number of carbonyl (C=O) groups is 3. The summed E-state index contributed by atoms with van der Waals surface area (Å²) < 4.78 is 10.2. The first-order chi connectivity index (χ1) is 10.4. The Labute approximate surface area is 139 Å². The molecular formula is C17H31NO5. The van der Waals surface area contributed by atoms with E-state index in [2.05, 4.69) is 5.32 Å². The molecule has 0 aromatic heterocycles. The lowest BCUT2D eigenvalue weighted by molar-refractivity contribution is -0.147. The minimum Gasteiger partial charge on any atom is -0.465 e. The Kier molecular flexibility index (Phi) is 8.87. The number of hydrogen-bond acceptors (Lipinski definition) is 5. The lowest BCUT2D eigenvalue weighted by atomic mass is 9.99. The van der Waals surface area contributed by atoms with E-state index in [1.54, 1.807) is 20.8 Å². The van der Waals surface area contributed by atoms with Crippen LogP contribution in [0.15, 0.2) is 0 Å². The molecule has 1 amide bonds. The monoisotopic (exact) mass is 329 g/mol. The third kappa shape index (κ3) is 11.6. The molecule has 1 N–H and O–H groups in total. The third-order valence-electron chi connectivity index (χ3n) is 2.68. The molecule has 0 aliphatic carbocycles. The van der Waals surface area contributed by atoms with Gasteiger partial charge in [0.1, 0.15) is 12.0 Å². The van der Waals surface area contributed by atoms with Gasteiger partial charge in [0.2, 0.25) is 0 Å². The van der Waals surface area contributed by atoms with Crippen molar-refractivity contribution >= 4 is 17.8 Å². The van der Waals surface area contributed by atoms with E-state index < -0.39 is 23.7 Å². The van der Waals surface area contributed by atoms with E-state index in [0.717, 1.165) is 0 Å². The Morgan fingerprint density at radius 3 is 2.00 bits per heavy atom. The molecule has 0 bridgehead atoms. The highest BCUT2D eigenvalue weighted by Crippen LogP contribution is 2.11. The third-order valence-corrected chi connectivity index (χ3v) is 2.68. The zero-order chi connectivity index (χ0) is 18.2. The van der Waals surface area contributed by atoms with Crippen molar-refractivity contribution in [3.63, 3.8) is 0 Å². The Morgan fingerprint density at radius 2 is 1.57 bits per heavy atom. The molecule has 0 saturated heterocycles. The highest BCUT2D eigenvalue weighted by atomic mass is 16.6. The normalized spacial score (nSPS) is 12.9. The van der Waals surface area contributed by atoms with Crippen LogP contribution in [0, 0.1) is 11.8 Å². The van der Waals surface area contributed by atoms with Crippen LogP contribution >= 0.6 is 0 Å². The van der Waals surface area contributed by atoms with Gasteiger partial charge in [-0.2, -0.15) is 0 Å². The Balaban J connectivity index is 4.66. The average molecular weight is 329 g/mol. The SMILES string of the molecule is CC(C)COC(=O)CC(=O)[C@H](CC(C)C)NC(=O)OC(C)(C)C. The first-order valence-electron chi connectivity index (χ1n) is 8.08. The number of amides is 1. The van der Waals surface area contributed by atoms with E-state index in [9.17, 15) is 14.4 Å². The van der Waals surface area contributed by atoms with Crippen molar-refractivity contribution in [2.45, 2.75) is 73.0 Å². The molecule has 0 aromatic carbocycles. The molecule has 0 fully saturated rings. The number of Topliss-reactive ketones (excluding diaryl/α,β-unsaturated/α-hetero) is 1. The summed E-state index contributed by atoms with van der Waals surface area (Å²) in [5.74, 6) is -0.535. The smallest absolute Gasteiger partial charge is 0.408 e. The minimum absolute atomic E-state index is 0.186. The molecule has 0 aliphatic heterocycles. The summed E-state index contributed by atoms with van der Waals surface area (Å²) in [5.41, 5.74) is -0.647. The largest absolute Gasteiger partial charge is 0.465 e. The maximum absolute atomic E-state index is 12.3. The molecule has 0 spiro atoms. The first-order valence-corrected chi connectivity index (χ1v) is 8.08. The van der Waals surface area contributed by atoms with Gasteiger partial charge >= 0.3 is 12.1 Å². The van der Waals surface area contributed by atoms with Gasteiger partial charge in [0, 0.05) is 0 Å². The molecular weight excluding hydrogens is 298 g/mol. The van der Waals surface area contributed by atoms with Gasteiger partial charge < -0.3 is 14.8 Å². The van der Waals surface area contributed by atoms with Crippen LogP contribution in [0.5, 0.6) is 0 Å². The Hall–Kier alpha value is -1.59. The zero-order valence-corrected chi connectivity index (χ0v) is 15.4. The minimum atomic E-state index is -0.753. The summed E-state index contributed by atoms with van der Waals surface area (Å²) >= 11 is 0. The summed E-state index contributed by atoms with van der Waals surface area (Å²) in [6.07, 6.45) is -0.567. The van der Waals surface area contributed by atoms with Crippen LogP contribution in [-0.2, 0) is 19.1 Å². The van der Waals surface area contributed by atoms with Crippen LogP contribution in [0.25, 0.3) is 0 Å². The van der Waals surface area contributed by atoms with Crippen LogP contribution in [0.2, 0.25) is 0 Å². The maximum atomic E-state index is 12.3. The molecule has 0 aromatic rings. The maximum Gasteiger partial charge on any atom is 0.408 e. The topological polar surface area (TPSA) is 81.7 Å². The zero-order valence-electron chi connectivity index (χ0n) is 15.4. The van der Waals surface area contributed by atoms with Crippen LogP contribution in [0.4, 0.5) is 4.79 Å². The predicted octanol–water partition coefficient (Wildman–Crippen LogP) is 3.08. The molecule has 0 heterocycles.